The van der Waals surface area contributed by atoms with E-state index in [-0.39, 0.29) is 0 Å². The molecule has 1 fully saturated rings. The monoisotopic (exact) mass is 234 g/mol. The number of anilines is 1. The molecule has 1 aliphatic heterocycles. The number of aryl methyl sites for hydroxylation is 1. The van der Waals surface area contributed by atoms with Crippen LogP contribution in [0.5, 0.6) is 0 Å². The molecule has 0 bridgehead atoms. The van der Waals surface area contributed by atoms with Gasteiger partial charge in [0, 0.05) is 18.8 Å². The molecular formula is C12H14N2OS. The molecule has 1 aromatic rings. The van der Waals surface area contributed by atoms with Gasteiger partial charge in [0.15, 0.2) is 0 Å². The Bertz CT molecular complexity index is 421. The second-order valence-corrected chi connectivity index (χ2v) is 3.96. The highest BCUT2D eigenvalue weighted by Crippen LogP contribution is 2.24. The van der Waals surface area contributed by atoms with Crippen LogP contribution in [0.25, 0.3) is 0 Å². The van der Waals surface area contributed by atoms with Crippen molar-refractivity contribution >= 4 is 28.8 Å². The highest BCUT2D eigenvalue weighted by Gasteiger charge is 2.11. The maximum Gasteiger partial charge on any atom is 0.0770 e. The standard InChI is InChI=1S/C12H14N2OS/c1-10-8-11(2-3-12(10)13-9-16)14-4-6-15-7-5-14/h2-3,8H,4-7H2,1H3. The van der Waals surface area contributed by atoms with E-state index in [4.69, 9.17) is 4.74 Å². The zero-order valence-electron chi connectivity index (χ0n) is 9.27. The molecule has 1 heterocycles. The second-order valence-electron chi connectivity index (χ2n) is 3.77. The zero-order valence-corrected chi connectivity index (χ0v) is 10.1. The Morgan fingerprint density at radius 2 is 2.12 bits per heavy atom. The topological polar surface area (TPSA) is 24.8 Å². The van der Waals surface area contributed by atoms with Gasteiger partial charge in [0.25, 0.3) is 0 Å². The van der Waals surface area contributed by atoms with Crippen LogP contribution in [0.3, 0.4) is 0 Å². The first-order valence-corrected chi connectivity index (χ1v) is 5.73. The number of rotatable bonds is 2. The molecule has 16 heavy (non-hydrogen) atoms. The van der Waals surface area contributed by atoms with Gasteiger partial charge in [0.2, 0.25) is 0 Å². The van der Waals surface area contributed by atoms with Gasteiger partial charge in [-0.1, -0.05) is 0 Å². The number of morpholine rings is 1. The first-order valence-electron chi connectivity index (χ1n) is 5.32. The minimum absolute atomic E-state index is 0.804. The van der Waals surface area contributed by atoms with Gasteiger partial charge >= 0.3 is 0 Å². The van der Waals surface area contributed by atoms with Gasteiger partial charge in [-0.2, -0.15) is 4.99 Å². The molecule has 0 atom stereocenters. The van der Waals surface area contributed by atoms with Crippen molar-refractivity contribution < 1.29 is 4.74 Å². The molecule has 3 nitrogen and oxygen atoms in total. The van der Waals surface area contributed by atoms with Crippen LogP contribution < -0.4 is 4.90 Å². The van der Waals surface area contributed by atoms with E-state index in [1.165, 1.54) is 5.69 Å². The van der Waals surface area contributed by atoms with Crippen LogP contribution >= 0.6 is 12.2 Å². The molecule has 1 saturated heterocycles. The third-order valence-electron chi connectivity index (χ3n) is 2.72. The number of ether oxygens (including phenoxy) is 1. The van der Waals surface area contributed by atoms with Crippen LogP contribution in [0.1, 0.15) is 5.56 Å². The molecule has 0 saturated carbocycles. The molecule has 2 rings (SSSR count). The lowest BCUT2D eigenvalue weighted by atomic mass is 10.1. The zero-order chi connectivity index (χ0) is 11.4. The summed E-state index contributed by atoms with van der Waals surface area (Å²) in [5.41, 5.74) is 3.25. The van der Waals surface area contributed by atoms with Crippen LogP contribution in [-0.4, -0.2) is 31.5 Å². The van der Waals surface area contributed by atoms with Gasteiger partial charge in [-0.15, -0.1) is 0 Å². The van der Waals surface area contributed by atoms with Crippen LogP contribution in [0.4, 0.5) is 11.4 Å². The van der Waals surface area contributed by atoms with Crippen molar-refractivity contribution in [2.24, 2.45) is 4.99 Å². The predicted molar refractivity (Wildman–Crippen MR) is 68.9 cm³/mol. The van der Waals surface area contributed by atoms with Crippen molar-refractivity contribution in [3.05, 3.63) is 23.8 Å². The lowest BCUT2D eigenvalue weighted by molar-refractivity contribution is 0.122. The van der Waals surface area contributed by atoms with Crippen molar-refractivity contribution in [2.45, 2.75) is 6.92 Å². The van der Waals surface area contributed by atoms with Crippen LogP contribution in [0.2, 0.25) is 0 Å². The highest BCUT2D eigenvalue weighted by molar-refractivity contribution is 7.78. The van der Waals surface area contributed by atoms with E-state index in [0.717, 1.165) is 37.6 Å². The van der Waals surface area contributed by atoms with Crippen molar-refractivity contribution in [3.8, 4) is 0 Å². The largest absolute Gasteiger partial charge is 0.378 e. The number of aliphatic imine (C=N–C) groups is 1. The summed E-state index contributed by atoms with van der Waals surface area (Å²) in [7, 11) is 0. The van der Waals surface area contributed by atoms with E-state index in [0.29, 0.717) is 0 Å². The van der Waals surface area contributed by atoms with E-state index in [1.54, 1.807) is 0 Å². The fourth-order valence-corrected chi connectivity index (χ4v) is 1.93. The molecule has 1 aliphatic rings. The Labute approximate surface area is 101 Å². The number of hydrogen-bond acceptors (Lipinski definition) is 4. The maximum absolute atomic E-state index is 5.33. The lowest BCUT2D eigenvalue weighted by Gasteiger charge is -2.29. The summed E-state index contributed by atoms with van der Waals surface area (Å²) < 4.78 is 5.33. The van der Waals surface area contributed by atoms with Gasteiger partial charge in [-0.05, 0) is 42.9 Å². The minimum atomic E-state index is 0.804. The van der Waals surface area contributed by atoms with E-state index < -0.39 is 0 Å². The third-order valence-corrected chi connectivity index (χ3v) is 2.81. The smallest absolute Gasteiger partial charge is 0.0770 e. The van der Waals surface area contributed by atoms with Crippen molar-refractivity contribution in [3.63, 3.8) is 0 Å². The Balaban J connectivity index is 2.22. The summed E-state index contributed by atoms with van der Waals surface area (Å²) >= 11 is 4.61. The SMILES string of the molecule is Cc1cc(N2CCOCC2)ccc1N=C=S. The molecule has 0 aromatic heterocycles. The summed E-state index contributed by atoms with van der Waals surface area (Å²) in [6.45, 7) is 5.55. The molecule has 84 valence electrons. The summed E-state index contributed by atoms with van der Waals surface area (Å²) in [6.07, 6.45) is 0. The first kappa shape index (κ1) is 11.3. The Hall–Kier alpha value is -1.22. The molecule has 4 heteroatoms. The Morgan fingerprint density at radius 1 is 1.38 bits per heavy atom. The third kappa shape index (κ3) is 2.47. The summed E-state index contributed by atoms with van der Waals surface area (Å²) in [5.74, 6) is 0. The van der Waals surface area contributed by atoms with Gasteiger partial charge in [-0.3, -0.25) is 0 Å². The lowest BCUT2D eigenvalue weighted by Crippen LogP contribution is -2.36. The van der Waals surface area contributed by atoms with Gasteiger partial charge < -0.3 is 9.64 Å². The predicted octanol–water partition coefficient (Wildman–Crippen LogP) is 2.57. The minimum Gasteiger partial charge on any atom is -0.378 e. The molecule has 0 radical (unpaired) electrons. The van der Waals surface area contributed by atoms with E-state index in [1.807, 2.05) is 13.0 Å². The maximum atomic E-state index is 5.33. The Morgan fingerprint density at radius 3 is 2.75 bits per heavy atom. The number of benzene rings is 1. The summed E-state index contributed by atoms with van der Waals surface area (Å²) in [6, 6.07) is 6.19. The molecule has 1 aromatic carbocycles. The fourth-order valence-electron chi connectivity index (χ4n) is 1.83. The average molecular weight is 234 g/mol. The fraction of sp³-hybridized carbons (Fsp3) is 0.417. The van der Waals surface area contributed by atoms with Gasteiger partial charge in [-0.25, -0.2) is 0 Å². The van der Waals surface area contributed by atoms with E-state index in [9.17, 15) is 0 Å². The van der Waals surface area contributed by atoms with E-state index in [2.05, 4.69) is 39.4 Å². The normalized spacial score (nSPS) is 15.7. The molecule has 0 aliphatic carbocycles. The van der Waals surface area contributed by atoms with Crippen molar-refractivity contribution in [1.29, 1.82) is 0 Å². The molecular weight excluding hydrogens is 220 g/mol. The Kier molecular flexibility index (Phi) is 3.67. The van der Waals surface area contributed by atoms with Gasteiger partial charge in [0.1, 0.15) is 0 Å². The quantitative estimate of drug-likeness (QED) is 0.581. The van der Waals surface area contributed by atoms with Crippen molar-refractivity contribution in [2.75, 3.05) is 31.2 Å². The molecule has 0 unspecified atom stereocenters. The number of thiocarbonyl (C=S) groups is 1. The van der Waals surface area contributed by atoms with Gasteiger partial charge in [0.05, 0.1) is 24.1 Å². The summed E-state index contributed by atoms with van der Waals surface area (Å²) in [4.78, 5) is 6.33. The molecule has 0 N–H and O–H groups in total. The number of hydrogen-bond donors (Lipinski definition) is 0. The number of nitrogens with zero attached hydrogens (tertiary/aromatic N) is 2. The first-order chi connectivity index (χ1) is 7.81. The van der Waals surface area contributed by atoms with Crippen LogP contribution in [0.15, 0.2) is 23.2 Å². The highest BCUT2D eigenvalue weighted by atomic mass is 32.1. The van der Waals surface area contributed by atoms with Crippen LogP contribution in [-0.2, 0) is 4.74 Å². The van der Waals surface area contributed by atoms with Crippen LogP contribution in [0, 0.1) is 6.92 Å². The number of isothiocyanates is 1. The average Bonchev–Trinajstić information content (AvgIpc) is 2.33. The van der Waals surface area contributed by atoms with E-state index >= 15 is 0 Å². The summed E-state index contributed by atoms with van der Waals surface area (Å²) in [5, 5.41) is 2.40. The molecule has 0 amide bonds. The molecule has 0 spiro atoms. The second kappa shape index (κ2) is 5.21. The van der Waals surface area contributed by atoms with Crippen molar-refractivity contribution in [1.82, 2.24) is 0 Å².